The van der Waals surface area contributed by atoms with E-state index in [0.717, 1.165) is 48.9 Å². The average molecular weight is 495 g/mol. The number of ether oxygens (including phenoxy) is 1. The molecule has 34 heavy (non-hydrogen) atoms. The summed E-state index contributed by atoms with van der Waals surface area (Å²) in [5.74, 6) is 1.17. The van der Waals surface area contributed by atoms with Crippen molar-refractivity contribution >= 4 is 40.6 Å². The van der Waals surface area contributed by atoms with Gasteiger partial charge in [0.05, 0.1) is 13.3 Å². The van der Waals surface area contributed by atoms with Gasteiger partial charge in [-0.15, -0.1) is 0 Å². The number of hydrogen-bond acceptors (Lipinski definition) is 9. The Balaban J connectivity index is 1.19. The van der Waals surface area contributed by atoms with Gasteiger partial charge in [0.25, 0.3) is 0 Å². The molecule has 174 valence electrons. The van der Waals surface area contributed by atoms with Crippen LogP contribution in [0.15, 0.2) is 46.7 Å². The first-order valence-corrected chi connectivity index (χ1v) is 12.3. The van der Waals surface area contributed by atoms with Crippen LogP contribution in [0.5, 0.6) is 5.88 Å². The minimum Gasteiger partial charge on any atom is -0.480 e. The number of hydrogen-bond donors (Lipinski definition) is 2. The molecule has 0 aromatic carbocycles. The molecule has 0 bridgehead atoms. The number of aromatic nitrogens is 6. The highest BCUT2D eigenvalue weighted by molar-refractivity contribution is 7.99. The summed E-state index contributed by atoms with van der Waals surface area (Å²) in [6.45, 7) is 1.74. The molecule has 1 spiro atoms. The molecular formula is C23H23ClN8OS. The van der Waals surface area contributed by atoms with Crippen LogP contribution in [0.25, 0.3) is 11.3 Å². The number of fused-ring (bicyclic) bond motifs is 2. The van der Waals surface area contributed by atoms with Crippen LogP contribution < -0.4 is 15.4 Å². The molecule has 1 aliphatic heterocycles. The van der Waals surface area contributed by atoms with Crippen molar-refractivity contribution in [2.45, 2.75) is 35.2 Å². The van der Waals surface area contributed by atoms with Crippen molar-refractivity contribution < 1.29 is 4.74 Å². The van der Waals surface area contributed by atoms with E-state index in [1.54, 1.807) is 19.5 Å². The molecule has 4 aromatic rings. The molecule has 4 aromatic heterocycles. The number of piperidine rings is 1. The Bertz CT molecular complexity index is 1370. The van der Waals surface area contributed by atoms with Gasteiger partial charge in [0, 0.05) is 42.1 Å². The van der Waals surface area contributed by atoms with E-state index in [9.17, 15) is 0 Å². The highest BCUT2D eigenvalue weighted by atomic mass is 35.5. The predicted octanol–water partition coefficient (Wildman–Crippen LogP) is 3.80. The highest BCUT2D eigenvalue weighted by Crippen LogP contribution is 2.50. The molecule has 1 saturated heterocycles. The molecule has 3 N–H and O–H groups in total. The van der Waals surface area contributed by atoms with E-state index in [-0.39, 0.29) is 11.5 Å². The average Bonchev–Trinajstić information content (AvgIpc) is 3.40. The van der Waals surface area contributed by atoms with Crippen LogP contribution in [0.2, 0.25) is 5.02 Å². The van der Waals surface area contributed by atoms with E-state index >= 15 is 0 Å². The second kappa shape index (κ2) is 8.37. The normalized spacial score (nSPS) is 19.0. The molecule has 5 heterocycles. The van der Waals surface area contributed by atoms with Gasteiger partial charge >= 0.3 is 0 Å². The smallest absolute Gasteiger partial charge is 0.233 e. The van der Waals surface area contributed by atoms with Gasteiger partial charge in [-0.3, -0.25) is 4.98 Å². The lowest BCUT2D eigenvalue weighted by Crippen LogP contribution is -2.44. The first-order valence-electron chi connectivity index (χ1n) is 11.1. The molecule has 1 unspecified atom stereocenters. The third-order valence-electron chi connectivity index (χ3n) is 6.90. The maximum Gasteiger partial charge on any atom is 0.233 e. The SMILES string of the molecule is COc1nccc(Sc2cnc3[nH]c(N4CCC5(CC4)Cc4ncccc4C5N)nc3n2)c1Cl. The van der Waals surface area contributed by atoms with Gasteiger partial charge in [-0.2, -0.15) is 4.98 Å². The summed E-state index contributed by atoms with van der Waals surface area (Å²) in [7, 11) is 1.54. The summed E-state index contributed by atoms with van der Waals surface area (Å²) in [6, 6.07) is 5.96. The lowest BCUT2D eigenvalue weighted by Gasteiger charge is -2.41. The maximum atomic E-state index is 6.68. The Labute approximate surface area is 205 Å². The summed E-state index contributed by atoms with van der Waals surface area (Å²) in [5, 5.41) is 1.14. The van der Waals surface area contributed by atoms with E-state index < -0.39 is 0 Å². The van der Waals surface area contributed by atoms with Crippen LogP contribution in [-0.2, 0) is 6.42 Å². The van der Waals surface area contributed by atoms with Crippen molar-refractivity contribution in [2.24, 2.45) is 11.1 Å². The minimum absolute atomic E-state index is 0.0376. The summed E-state index contributed by atoms with van der Waals surface area (Å²) >= 11 is 7.77. The summed E-state index contributed by atoms with van der Waals surface area (Å²) in [5.41, 5.74) is 10.3. The van der Waals surface area contributed by atoms with Crippen molar-refractivity contribution in [3.63, 3.8) is 0 Å². The van der Waals surface area contributed by atoms with Gasteiger partial charge in [0.2, 0.25) is 11.8 Å². The van der Waals surface area contributed by atoms with Gasteiger partial charge in [0.1, 0.15) is 10.0 Å². The van der Waals surface area contributed by atoms with Crippen LogP contribution in [0.4, 0.5) is 5.95 Å². The molecule has 0 amide bonds. The fraction of sp³-hybridized carbons (Fsp3) is 0.348. The van der Waals surface area contributed by atoms with Gasteiger partial charge in [-0.05, 0) is 42.4 Å². The zero-order chi connectivity index (χ0) is 23.3. The van der Waals surface area contributed by atoms with E-state index in [4.69, 9.17) is 27.1 Å². The first kappa shape index (κ1) is 21.6. The topological polar surface area (TPSA) is 119 Å². The van der Waals surface area contributed by atoms with E-state index in [0.29, 0.717) is 27.2 Å². The number of rotatable bonds is 4. The number of methoxy groups -OCH3 is 1. The standard InChI is InChI=1S/C23H23ClN8OS/c1-33-21-17(24)15(4-8-27-21)34-16-12-28-19-20(29-16)31-22(30-19)32-9-5-23(6-10-32)11-14-13(18(23)25)3-2-7-26-14/h2-4,7-8,12,18H,5-6,9-11,25H2,1H3,(H,28,29,30,31). The van der Waals surface area contributed by atoms with Crippen LogP contribution >= 0.6 is 23.4 Å². The summed E-state index contributed by atoms with van der Waals surface area (Å²) in [4.78, 5) is 29.0. The second-order valence-corrected chi connectivity index (χ2v) is 10.2. The number of nitrogens with one attached hydrogen (secondary N) is 1. The number of nitrogens with two attached hydrogens (primary N) is 1. The van der Waals surface area contributed by atoms with Gasteiger partial charge in [-0.1, -0.05) is 29.4 Å². The highest BCUT2D eigenvalue weighted by Gasteiger charge is 2.46. The predicted molar refractivity (Wildman–Crippen MR) is 130 cm³/mol. The minimum atomic E-state index is 0.0376. The third kappa shape index (κ3) is 3.57. The number of anilines is 1. The maximum absolute atomic E-state index is 6.68. The van der Waals surface area contributed by atoms with Gasteiger partial charge < -0.3 is 20.4 Å². The van der Waals surface area contributed by atoms with E-state index in [1.807, 2.05) is 18.3 Å². The van der Waals surface area contributed by atoms with Crippen molar-refractivity contribution in [1.82, 2.24) is 29.9 Å². The third-order valence-corrected chi connectivity index (χ3v) is 8.35. The fourth-order valence-corrected chi connectivity index (χ4v) is 6.08. The van der Waals surface area contributed by atoms with E-state index in [1.165, 1.54) is 17.3 Å². The molecule has 0 saturated carbocycles. The number of aromatic amines is 1. The van der Waals surface area contributed by atoms with Crippen molar-refractivity contribution in [1.29, 1.82) is 0 Å². The zero-order valence-corrected chi connectivity index (χ0v) is 20.1. The van der Waals surface area contributed by atoms with Crippen LogP contribution in [0, 0.1) is 5.41 Å². The number of halogens is 1. The monoisotopic (exact) mass is 494 g/mol. The number of pyridine rings is 2. The molecule has 2 aliphatic rings. The molecule has 9 nitrogen and oxygen atoms in total. The van der Waals surface area contributed by atoms with E-state index in [2.05, 4.69) is 35.9 Å². The molecule has 0 radical (unpaired) electrons. The Hall–Kier alpha value is -2.95. The lowest BCUT2D eigenvalue weighted by molar-refractivity contribution is 0.186. The second-order valence-electron chi connectivity index (χ2n) is 8.72. The number of nitrogens with zero attached hydrogens (tertiary/aromatic N) is 6. The number of imidazole rings is 1. The Morgan fingerprint density at radius 1 is 1.18 bits per heavy atom. The van der Waals surface area contributed by atoms with Gasteiger partial charge in [-0.25, -0.2) is 15.0 Å². The van der Waals surface area contributed by atoms with Gasteiger partial charge in [0.15, 0.2) is 11.3 Å². The number of H-pyrrole nitrogens is 1. The lowest BCUT2D eigenvalue weighted by atomic mass is 9.73. The Morgan fingerprint density at radius 2 is 2.03 bits per heavy atom. The summed E-state index contributed by atoms with van der Waals surface area (Å²) in [6.07, 6.45) is 8.16. The molecule has 1 atom stereocenters. The van der Waals surface area contributed by atoms with Crippen LogP contribution in [-0.4, -0.2) is 50.1 Å². The molecule has 1 aliphatic carbocycles. The van der Waals surface area contributed by atoms with Crippen molar-refractivity contribution in [3.8, 4) is 5.88 Å². The quantitative estimate of drug-likeness (QED) is 0.436. The molecule has 6 rings (SSSR count). The van der Waals surface area contributed by atoms with Crippen molar-refractivity contribution in [3.05, 3.63) is 53.1 Å². The largest absolute Gasteiger partial charge is 0.480 e. The van der Waals surface area contributed by atoms with Crippen LogP contribution in [0.3, 0.4) is 0 Å². The van der Waals surface area contributed by atoms with Crippen LogP contribution in [0.1, 0.15) is 30.1 Å². The molecule has 1 fully saturated rings. The zero-order valence-electron chi connectivity index (χ0n) is 18.5. The summed E-state index contributed by atoms with van der Waals surface area (Å²) < 4.78 is 5.20. The molecular weight excluding hydrogens is 472 g/mol. The molecule has 11 heteroatoms. The fourth-order valence-electron chi connectivity index (χ4n) is 5.01. The van der Waals surface area contributed by atoms with Crippen molar-refractivity contribution in [2.75, 3.05) is 25.1 Å². The Morgan fingerprint density at radius 3 is 2.82 bits per heavy atom. The Kier molecular flexibility index (Phi) is 5.31. The first-order chi connectivity index (χ1) is 16.6.